The molecule has 0 aliphatic rings. The number of benzene rings is 1. The van der Waals surface area contributed by atoms with Crippen molar-refractivity contribution in [1.29, 1.82) is 0 Å². The Bertz CT molecular complexity index is 354. The highest BCUT2D eigenvalue weighted by molar-refractivity contribution is 6.32. The van der Waals surface area contributed by atoms with E-state index in [1.165, 1.54) is 0 Å². The average Bonchev–Trinajstić information content (AvgIpc) is 2.14. The molecule has 82 valence electrons. The fourth-order valence-corrected chi connectivity index (χ4v) is 1.37. The van der Waals surface area contributed by atoms with Crippen LogP contribution >= 0.6 is 11.6 Å². The van der Waals surface area contributed by atoms with Gasteiger partial charge in [-0.05, 0) is 37.1 Å². The number of nitrogens with two attached hydrogens (primary N) is 1. The largest absolute Gasteiger partial charge is 0.426 e. The molecule has 0 unspecified atom stereocenters. The molecule has 1 aromatic carbocycles. The van der Waals surface area contributed by atoms with Crippen LogP contribution in [0.25, 0.3) is 0 Å². The van der Waals surface area contributed by atoms with Gasteiger partial charge in [0.2, 0.25) is 0 Å². The highest BCUT2D eigenvalue weighted by Gasteiger charge is 2.07. The van der Waals surface area contributed by atoms with Gasteiger partial charge < -0.3 is 10.5 Å². The first-order valence-electron chi connectivity index (χ1n) is 4.72. The second-order valence-electron chi connectivity index (χ2n) is 3.38. The Hall–Kier alpha value is -1.06. The topological polar surface area (TPSA) is 52.3 Å². The van der Waals surface area contributed by atoms with Crippen LogP contribution in [-0.4, -0.2) is 12.5 Å². The molecular formula is C11H14ClNO2. The van der Waals surface area contributed by atoms with Gasteiger partial charge in [-0.25, -0.2) is 0 Å². The molecule has 0 aliphatic heterocycles. The van der Waals surface area contributed by atoms with E-state index in [0.717, 1.165) is 11.1 Å². The summed E-state index contributed by atoms with van der Waals surface area (Å²) in [6.45, 7) is 4.04. The van der Waals surface area contributed by atoms with Crippen LogP contribution in [0, 0.1) is 13.8 Å². The van der Waals surface area contributed by atoms with E-state index < -0.39 is 0 Å². The van der Waals surface area contributed by atoms with E-state index in [4.69, 9.17) is 22.1 Å². The second kappa shape index (κ2) is 5.14. The molecule has 4 heteroatoms. The number of halogens is 1. The molecule has 1 aromatic rings. The zero-order valence-corrected chi connectivity index (χ0v) is 9.60. The normalized spacial score (nSPS) is 10.1. The van der Waals surface area contributed by atoms with Gasteiger partial charge in [0, 0.05) is 11.6 Å². The van der Waals surface area contributed by atoms with Gasteiger partial charge in [0.05, 0.1) is 6.42 Å². The van der Waals surface area contributed by atoms with Gasteiger partial charge in [-0.2, -0.15) is 0 Å². The highest BCUT2D eigenvalue weighted by atomic mass is 35.5. The van der Waals surface area contributed by atoms with Crippen LogP contribution in [0.2, 0.25) is 5.02 Å². The maximum absolute atomic E-state index is 11.2. The van der Waals surface area contributed by atoms with Crippen LogP contribution in [0.5, 0.6) is 5.75 Å². The van der Waals surface area contributed by atoms with Crippen LogP contribution in [0.4, 0.5) is 0 Å². The van der Waals surface area contributed by atoms with E-state index >= 15 is 0 Å². The van der Waals surface area contributed by atoms with Crippen molar-refractivity contribution in [3.63, 3.8) is 0 Å². The quantitative estimate of drug-likeness (QED) is 0.636. The Kier molecular flexibility index (Phi) is 4.12. The van der Waals surface area contributed by atoms with E-state index in [0.29, 0.717) is 17.3 Å². The SMILES string of the molecule is Cc1cc(OC(=O)CCN)cc(C)c1Cl. The molecule has 0 spiro atoms. The molecule has 2 N–H and O–H groups in total. The number of aryl methyl sites for hydroxylation is 2. The number of ether oxygens (including phenoxy) is 1. The van der Waals surface area contributed by atoms with Crippen molar-refractivity contribution in [3.8, 4) is 5.75 Å². The van der Waals surface area contributed by atoms with Gasteiger partial charge in [0.1, 0.15) is 5.75 Å². The zero-order chi connectivity index (χ0) is 11.4. The molecule has 0 saturated carbocycles. The van der Waals surface area contributed by atoms with Gasteiger partial charge >= 0.3 is 5.97 Å². The van der Waals surface area contributed by atoms with Crippen molar-refractivity contribution < 1.29 is 9.53 Å². The van der Waals surface area contributed by atoms with Gasteiger partial charge in [0.25, 0.3) is 0 Å². The summed E-state index contributed by atoms with van der Waals surface area (Å²) >= 11 is 5.99. The molecule has 0 heterocycles. The Labute approximate surface area is 94.2 Å². The van der Waals surface area contributed by atoms with Gasteiger partial charge in [-0.1, -0.05) is 11.6 Å². The van der Waals surface area contributed by atoms with E-state index in [9.17, 15) is 4.79 Å². The first-order chi connectivity index (χ1) is 7.04. The lowest BCUT2D eigenvalue weighted by Gasteiger charge is -2.07. The molecular weight excluding hydrogens is 214 g/mol. The summed E-state index contributed by atoms with van der Waals surface area (Å²) in [4.78, 5) is 11.2. The molecule has 0 amide bonds. The van der Waals surface area contributed by atoms with Crippen LogP contribution in [-0.2, 0) is 4.79 Å². The van der Waals surface area contributed by atoms with Gasteiger partial charge in [-0.15, -0.1) is 0 Å². The Balaban J connectivity index is 2.83. The summed E-state index contributed by atoms with van der Waals surface area (Å²) < 4.78 is 5.09. The third kappa shape index (κ3) is 3.22. The number of rotatable bonds is 3. The number of hydrogen-bond acceptors (Lipinski definition) is 3. The predicted molar refractivity (Wildman–Crippen MR) is 60.2 cm³/mol. The molecule has 0 bridgehead atoms. The van der Waals surface area contributed by atoms with Crippen molar-refractivity contribution >= 4 is 17.6 Å². The lowest BCUT2D eigenvalue weighted by Crippen LogP contribution is -2.13. The lowest BCUT2D eigenvalue weighted by atomic mass is 10.1. The van der Waals surface area contributed by atoms with Crippen LogP contribution in [0.15, 0.2) is 12.1 Å². The Morgan fingerprint density at radius 3 is 2.40 bits per heavy atom. The third-order valence-corrected chi connectivity index (χ3v) is 2.59. The molecule has 15 heavy (non-hydrogen) atoms. The molecule has 1 rings (SSSR count). The first-order valence-corrected chi connectivity index (χ1v) is 5.10. The summed E-state index contributed by atoms with van der Waals surface area (Å²) in [6.07, 6.45) is 0.223. The molecule has 0 atom stereocenters. The summed E-state index contributed by atoms with van der Waals surface area (Å²) in [5.41, 5.74) is 7.04. The summed E-state index contributed by atoms with van der Waals surface area (Å²) in [5, 5.41) is 0.702. The number of esters is 1. The molecule has 3 nitrogen and oxygen atoms in total. The number of carbonyl (C=O) groups is 1. The molecule has 0 fully saturated rings. The Morgan fingerprint density at radius 1 is 1.40 bits per heavy atom. The minimum atomic E-state index is -0.321. The predicted octanol–water partition coefficient (Wildman–Crippen LogP) is 2.21. The van der Waals surface area contributed by atoms with Gasteiger partial charge in [0.15, 0.2) is 0 Å². The van der Waals surface area contributed by atoms with E-state index in [2.05, 4.69) is 0 Å². The fourth-order valence-electron chi connectivity index (χ4n) is 1.27. The van der Waals surface area contributed by atoms with Crippen LogP contribution < -0.4 is 10.5 Å². The van der Waals surface area contributed by atoms with Crippen molar-refractivity contribution in [3.05, 3.63) is 28.3 Å². The highest BCUT2D eigenvalue weighted by Crippen LogP contribution is 2.25. The Morgan fingerprint density at radius 2 is 1.93 bits per heavy atom. The summed E-state index contributed by atoms with van der Waals surface area (Å²) in [6, 6.07) is 3.48. The average molecular weight is 228 g/mol. The van der Waals surface area contributed by atoms with Gasteiger partial charge in [-0.3, -0.25) is 4.79 Å². The molecule has 0 radical (unpaired) electrons. The van der Waals surface area contributed by atoms with Crippen molar-refractivity contribution in [2.45, 2.75) is 20.3 Å². The number of carbonyl (C=O) groups excluding carboxylic acids is 1. The summed E-state index contributed by atoms with van der Waals surface area (Å²) in [5.74, 6) is 0.200. The minimum Gasteiger partial charge on any atom is -0.426 e. The summed E-state index contributed by atoms with van der Waals surface area (Å²) in [7, 11) is 0. The maximum atomic E-state index is 11.2. The molecule has 0 aliphatic carbocycles. The maximum Gasteiger partial charge on any atom is 0.312 e. The minimum absolute atomic E-state index is 0.223. The lowest BCUT2D eigenvalue weighted by molar-refractivity contribution is -0.134. The molecule has 0 saturated heterocycles. The van der Waals surface area contributed by atoms with Crippen LogP contribution in [0.3, 0.4) is 0 Å². The molecule has 0 aromatic heterocycles. The zero-order valence-electron chi connectivity index (χ0n) is 8.84. The van der Waals surface area contributed by atoms with Crippen molar-refractivity contribution in [2.24, 2.45) is 5.73 Å². The standard InChI is InChI=1S/C11H14ClNO2/c1-7-5-9(6-8(2)11(7)12)15-10(14)3-4-13/h5-6H,3-4,13H2,1-2H3. The van der Waals surface area contributed by atoms with E-state index in [-0.39, 0.29) is 12.4 Å². The van der Waals surface area contributed by atoms with E-state index in [1.807, 2.05) is 13.8 Å². The van der Waals surface area contributed by atoms with E-state index in [1.54, 1.807) is 12.1 Å². The monoisotopic (exact) mass is 227 g/mol. The van der Waals surface area contributed by atoms with Crippen LogP contribution in [0.1, 0.15) is 17.5 Å². The fraction of sp³-hybridized carbons (Fsp3) is 0.364. The van der Waals surface area contributed by atoms with Crippen molar-refractivity contribution in [1.82, 2.24) is 0 Å². The smallest absolute Gasteiger partial charge is 0.312 e. The van der Waals surface area contributed by atoms with Crippen molar-refractivity contribution in [2.75, 3.05) is 6.54 Å². The first kappa shape index (κ1) is 12.0. The second-order valence-corrected chi connectivity index (χ2v) is 3.76. The third-order valence-electron chi connectivity index (χ3n) is 1.99. The number of hydrogen-bond donors (Lipinski definition) is 1.